The van der Waals surface area contributed by atoms with Gasteiger partial charge < -0.3 is 0 Å². The monoisotopic (exact) mass is 114 g/mol. The predicted octanol–water partition coefficient (Wildman–Crippen LogP) is 1.43. The van der Waals surface area contributed by atoms with Crippen LogP contribution in [-0.2, 0) is 0 Å². The van der Waals surface area contributed by atoms with Crippen molar-refractivity contribution in [2.24, 2.45) is 5.92 Å². The number of hydrogen-bond acceptors (Lipinski definition) is 1. The molecule has 0 aromatic carbocycles. The molecule has 0 aromatic rings. The Morgan fingerprint density at radius 1 is 1.57 bits per heavy atom. The first kappa shape index (κ1) is 7.28. The Kier molecular flexibility index (Phi) is 4.62. The quantitative estimate of drug-likeness (QED) is 0.489. The van der Waals surface area contributed by atoms with E-state index in [1.807, 2.05) is 0 Å². The SMILES string of the molecule is CSB=CC(C)C. The summed E-state index contributed by atoms with van der Waals surface area (Å²) in [4.78, 5) is 0. The van der Waals surface area contributed by atoms with E-state index in [1.54, 1.807) is 11.6 Å². The van der Waals surface area contributed by atoms with Crippen LogP contribution in [0.15, 0.2) is 0 Å². The molecule has 0 atom stereocenters. The number of rotatable bonds is 2. The summed E-state index contributed by atoms with van der Waals surface area (Å²) >= 11 is 1.75. The molecule has 7 heavy (non-hydrogen) atoms. The van der Waals surface area contributed by atoms with Crippen molar-refractivity contribution in [1.29, 1.82) is 0 Å². The van der Waals surface area contributed by atoms with Crippen LogP contribution < -0.4 is 0 Å². The van der Waals surface area contributed by atoms with Crippen LogP contribution in [0.4, 0.5) is 0 Å². The molecule has 0 nitrogen and oxygen atoms in total. The topological polar surface area (TPSA) is 0 Å². The van der Waals surface area contributed by atoms with Crippen molar-refractivity contribution in [3.05, 3.63) is 0 Å². The van der Waals surface area contributed by atoms with Gasteiger partial charge in [-0.2, -0.15) is 0 Å². The Balaban J connectivity index is 3.08. The van der Waals surface area contributed by atoms with Gasteiger partial charge >= 0.3 is 49.8 Å². The summed E-state index contributed by atoms with van der Waals surface area (Å²) in [6.45, 7) is 4.35. The van der Waals surface area contributed by atoms with Crippen molar-refractivity contribution in [3.8, 4) is 0 Å². The summed E-state index contributed by atoms with van der Waals surface area (Å²) in [7, 11) is 0. The fourth-order valence-corrected chi connectivity index (χ4v) is 0.707. The second-order valence-electron chi connectivity index (χ2n) is 1.81. The van der Waals surface area contributed by atoms with Crippen molar-refractivity contribution >= 4 is 23.8 Å². The molecule has 0 heterocycles. The molecular formula is C5H11BS. The Morgan fingerprint density at radius 3 is 2.29 bits per heavy atom. The third-order valence-electron chi connectivity index (χ3n) is 0.600. The van der Waals surface area contributed by atoms with Gasteiger partial charge in [-0.05, 0) is 0 Å². The van der Waals surface area contributed by atoms with Gasteiger partial charge in [-0.3, -0.25) is 0 Å². The zero-order chi connectivity index (χ0) is 5.70. The Labute approximate surface area is 50.5 Å². The van der Waals surface area contributed by atoms with Gasteiger partial charge in [0.15, 0.2) is 0 Å². The maximum absolute atomic E-state index is 2.19. The van der Waals surface area contributed by atoms with Crippen LogP contribution in [0.2, 0.25) is 0 Å². The fraction of sp³-hybridized carbons (Fsp3) is 0.800. The molecular weight excluding hydrogens is 103 g/mol. The van der Waals surface area contributed by atoms with Gasteiger partial charge in [0.25, 0.3) is 0 Å². The third kappa shape index (κ3) is 6.28. The normalized spacial score (nSPS) is 10.3. The van der Waals surface area contributed by atoms with Crippen molar-refractivity contribution in [1.82, 2.24) is 0 Å². The summed E-state index contributed by atoms with van der Waals surface area (Å²) in [5, 5.41) is 0. The summed E-state index contributed by atoms with van der Waals surface area (Å²) < 4.78 is 0. The Morgan fingerprint density at radius 2 is 2.14 bits per heavy atom. The van der Waals surface area contributed by atoms with Crippen LogP contribution in [0.3, 0.4) is 0 Å². The van der Waals surface area contributed by atoms with Crippen molar-refractivity contribution in [3.63, 3.8) is 0 Å². The van der Waals surface area contributed by atoms with E-state index in [1.165, 1.54) is 0 Å². The minimum atomic E-state index is 0.701. The fourth-order valence-electron chi connectivity index (χ4n) is 0.236. The molecule has 0 amide bonds. The van der Waals surface area contributed by atoms with Crippen LogP contribution in [-0.4, -0.2) is 18.4 Å². The van der Waals surface area contributed by atoms with Crippen LogP contribution in [0.25, 0.3) is 0 Å². The maximum atomic E-state index is 2.19. The van der Waals surface area contributed by atoms with E-state index in [0.29, 0.717) is 5.92 Å². The Bertz CT molecular complexity index is 59.1. The number of hydrogen-bond donors (Lipinski definition) is 0. The van der Waals surface area contributed by atoms with Gasteiger partial charge in [-0.15, -0.1) is 0 Å². The van der Waals surface area contributed by atoms with E-state index in [2.05, 4.69) is 32.3 Å². The van der Waals surface area contributed by atoms with Crippen molar-refractivity contribution in [2.45, 2.75) is 13.8 Å². The zero-order valence-electron chi connectivity index (χ0n) is 5.14. The van der Waals surface area contributed by atoms with Crippen LogP contribution in [0.1, 0.15) is 13.8 Å². The van der Waals surface area contributed by atoms with Crippen molar-refractivity contribution in [2.75, 3.05) is 6.26 Å². The predicted molar refractivity (Wildman–Crippen MR) is 40.2 cm³/mol. The second kappa shape index (κ2) is 4.44. The van der Waals surface area contributed by atoms with Crippen molar-refractivity contribution < 1.29 is 0 Å². The molecule has 2 heteroatoms. The average molecular weight is 114 g/mol. The van der Waals surface area contributed by atoms with E-state index < -0.39 is 0 Å². The molecule has 0 bridgehead atoms. The average Bonchev–Trinajstić information content (AvgIpc) is 1.61. The van der Waals surface area contributed by atoms with Gasteiger partial charge in [0, 0.05) is 0 Å². The Hall–Kier alpha value is 0.285. The summed E-state index contributed by atoms with van der Waals surface area (Å²) in [6.07, 6.45) is 4.18. The minimum absolute atomic E-state index is 0.701. The van der Waals surface area contributed by atoms with E-state index >= 15 is 0 Å². The molecule has 0 spiro atoms. The molecule has 0 rings (SSSR count). The molecule has 0 aliphatic carbocycles. The second-order valence-corrected chi connectivity index (χ2v) is 2.55. The first-order chi connectivity index (χ1) is 3.27. The molecule has 0 N–H and O–H groups in total. The standard InChI is InChI=1S/C5H11BS/c1-5(2)4-6-7-3/h4-5H,1-3H3. The molecule has 0 radical (unpaired) electrons. The molecule has 40 valence electrons. The zero-order valence-corrected chi connectivity index (χ0v) is 5.96. The van der Waals surface area contributed by atoms with Crippen LogP contribution >= 0.6 is 11.6 Å². The molecule has 0 aromatic heterocycles. The summed E-state index contributed by atoms with van der Waals surface area (Å²) in [5.74, 6) is 2.89. The molecule has 0 saturated heterocycles. The first-order valence-electron chi connectivity index (χ1n) is 2.47. The van der Waals surface area contributed by atoms with E-state index in [9.17, 15) is 0 Å². The molecule has 0 aliphatic heterocycles. The molecule has 0 fully saturated rings. The molecule has 0 unspecified atom stereocenters. The van der Waals surface area contributed by atoms with Gasteiger partial charge in [-0.25, -0.2) is 0 Å². The van der Waals surface area contributed by atoms with Gasteiger partial charge in [0.05, 0.1) is 0 Å². The third-order valence-corrected chi connectivity index (χ3v) is 1.03. The van der Waals surface area contributed by atoms with E-state index in [-0.39, 0.29) is 0 Å². The van der Waals surface area contributed by atoms with Gasteiger partial charge in [-0.1, -0.05) is 0 Å². The van der Waals surface area contributed by atoms with Crippen LogP contribution in [0, 0.1) is 5.92 Å². The molecule has 0 saturated carbocycles. The van der Waals surface area contributed by atoms with E-state index in [0.717, 1.165) is 0 Å². The summed E-state index contributed by atoms with van der Waals surface area (Å²) in [6, 6.07) is 0. The van der Waals surface area contributed by atoms with Gasteiger partial charge in [0.1, 0.15) is 0 Å². The summed E-state index contributed by atoms with van der Waals surface area (Å²) in [5.41, 5.74) is 0. The van der Waals surface area contributed by atoms with Gasteiger partial charge in [0.2, 0.25) is 0 Å². The first-order valence-corrected chi connectivity index (χ1v) is 3.75. The van der Waals surface area contributed by atoms with E-state index in [4.69, 9.17) is 0 Å². The van der Waals surface area contributed by atoms with Crippen LogP contribution in [0.5, 0.6) is 0 Å². The molecule has 0 aliphatic rings.